The van der Waals surface area contributed by atoms with Crippen molar-refractivity contribution in [2.24, 2.45) is 0 Å². The van der Waals surface area contributed by atoms with Gasteiger partial charge >= 0.3 is 0 Å². The number of pyridine rings is 1. The number of nitrogens with zero attached hydrogens (tertiary/aromatic N) is 2. The van der Waals surface area contributed by atoms with Crippen molar-refractivity contribution < 1.29 is 4.79 Å². The lowest BCUT2D eigenvalue weighted by molar-refractivity contribution is -0.119. The minimum absolute atomic E-state index is 0.0162. The summed E-state index contributed by atoms with van der Waals surface area (Å²) in [5.74, 6) is 0.0162. The van der Waals surface area contributed by atoms with Crippen LogP contribution in [0.25, 0.3) is 0 Å². The number of aromatic nitrogens is 1. The van der Waals surface area contributed by atoms with Crippen LogP contribution in [-0.2, 0) is 15.6 Å². The van der Waals surface area contributed by atoms with Crippen molar-refractivity contribution in [3.05, 3.63) is 135 Å². The molecule has 1 aromatic heterocycles. The summed E-state index contributed by atoms with van der Waals surface area (Å²) in [6.45, 7) is 9.10. The molecule has 1 saturated heterocycles. The molecule has 4 nitrogen and oxygen atoms in total. The maximum atomic E-state index is 11.9. The summed E-state index contributed by atoms with van der Waals surface area (Å²) >= 11 is 13.5. The molecule has 3 aromatic carbocycles. The number of carbonyl (C=O) groups is 1. The number of benzene rings is 3. The van der Waals surface area contributed by atoms with E-state index in [0.717, 1.165) is 76.8 Å². The van der Waals surface area contributed by atoms with E-state index in [-0.39, 0.29) is 11.3 Å². The van der Waals surface area contributed by atoms with Crippen molar-refractivity contribution in [2.45, 2.75) is 50.9 Å². The molecule has 1 amide bonds. The molecule has 4 aromatic rings. The lowest BCUT2D eigenvalue weighted by Crippen LogP contribution is -2.49. The van der Waals surface area contributed by atoms with E-state index in [1.165, 1.54) is 5.56 Å². The zero-order chi connectivity index (χ0) is 29.7. The third-order valence-electron chi connectivity index (χ3n) is 9.16. The maximum Gasteiger partial charge on any atom is 0.216 e. The number of piperidine rings is 1. The molecule has 0 bridgehead atoms. The summed E-state index contributed by atoms with van der Waals surface area (Å²) in [7, 11) is 0. The summed E-state index contributed by atoms with van der Waals surface area (Å²) in [6, 6.07) is 27.7. The highest BCUT2D eigenvalue weighted by molar-refractivity contribution is 6.31. The summed E-state index contributed by atoms with van der Waals surface area (Å²) in [5, 5.41) is 4.63. The molecule has 0 aliphatic carbocycles. The number of hydrogen-bond acceptors (Lipinski definition) is 3. The van der Waals surface area contributed by atoms with E-state index in [2.05, 4.69) is 88.0 Å². The molecule has 2 heterocycles. The van der Waals surface area contributed by atoms with Gasteiger partial charge in [-0.2, -0.15) is 0 Å². The summed E-state index contributed by atoms with van der Waals surface area (Å²) in [6.07, 6.45) is 6.59. The number of carbonyl (C=O) groups excluding carboxylic acids is 1. The van der Waals surface area contributed by atoms with Crippen molar-refractivity contribution in [2.75, 3.05) is 26.2 Å². The monoisotopic (exact) mass is 599 g/mol. The Bertz CT molecular complexity index is 1460. The van der Waals surface area contributed by atoms with Gasteiger partial charge in [0.1, 0.15) is 0 Å². The molecule has 1 N–H and O–H groups in total. The van der Waals surface area contributed by atoms with Gasteiger partial charge in [-0.15, -0.1) is 0 Å². The molecule has 1 aliphatic rings. The highest BCUT2D eigenvalue weighted by Crippen LogP contribution is 2.45. The molecule has 5 rings (SSSR count). The first-order valence-electron chi connectivity index (χ1n) is 14.7. The van der Waals surface area contributed by atoms with Crippen LogP contribution in [0.5, 0.6) is 0 Å². The fourth-order valence-electron chi connectivity index (χ4n) is 6.45. The highest BCUT2D eigenvalue weighted by Gasteiger charge is 2.40. The average molecular weight is 601 g/mol. The molecule has 0 saturated carbocycles. The fourth-order valence-corrected chi connectivity index (χ4v) is 6.81. The van der Waals surface area contributed by atoms with E-state index in [0.29, 0.717) is 6.54 Å². The quantitative estimate of drug-likeness (QED) is 0.213. The van der Waals surface area contributed by atoms with E-state index >= 15 is 0 Å². The molecule has 0 radical (unpaired) electrons. The Balaban J connectivity index is 1.49. The van der Waals surface area contributed by atoms with Gasteiger partial charge in [0.25, 0.3) is 0 Å². The molecule has 0 spiro atoms. The van der Waals surface area contributed by atoms with Crippen LogP contribution in [0, 0.1) is 13.8 Å². The minimum atomic E-state index is -0.493. The standard InChI is InChI=1S/C36H39Cl2N3O/c1-26-11-13-30(22-33(26)37)36(32-10-7-18-39-24-32,31-14-12-27(2)34(38)23-31)17-21-41-19-15-35(16-20-41,25-40-28(3)42)29-8-5-4-6-9-29/h4-14,18,22-24H,15-17,19-21,25H2,1-3H3,(H,40,42). The SMILES string of the molecule is CC(=O)NCC1(c2ccccc2)CCN(CCC(c2cccnc2)(c2ccc(C)c(Cl)c2)c2ccc(C)c(Cl)c2)CC1. The fraction of sp³-hybridized carbons (Fsp3) is 0.333. The number of halogens is 2. The number of rotatable bonds is 9. The Morgan fingerprint density at radius 1 is 0.881 bits per heavy atom. The van der Waals surface area contributed by atoms with E-state index < -0.39 is 5.41 Å². The number of amides is 1. The third-order valence-corrected chi connectivity index (χ3v) is 9.98. The van der Waals surface area contributed by atoms with Crippen molar-refractivity contribution in [1.29, 1.82) is 0 Å². The van der Waals surface area contributed by atoms with E-state index in [9.17, 15) is 4.79 Å². The van der Waals surface area contributed by atoms with Crippen LogP contribution >= 0.6 is 23.2 Å². The lowest BCUT2D eigenvalue weighted by Gasteiger charge is -2.44. The summed E-state index contributed by atoms with van der Waals surface area (Å²) in [4.78, 5) is 19.0. The molecule has 1 fully saturated rings. The maximum absolute atomic E-state index is 11.9. The topological polar surface area (TPSA) is 45.2 Å². The van der Waals surface area contributed by atoms with E-state index in [1.54, 1.807) is 6.92 Å². The number of hydrogen-bond donors (Lipinski definition) is 1. The van der Waals surface area contributed by atoms with Crippen LogP contribution in [0.4, 0.5) is 0 Å². The Kier molecular flexibility index (Phi) is 9.37. The first kappa shape index (κ1) is 30.3. The molecule has 0 unspecified atom stereocenters. The largest absolute Gasteiger partial charge is 0.355 e. The van der Waals surface area contributed by atoms with Gasteiger partial charge in [0.2, 0.25) is 5.91 Å². The predicted octanol–water partition coefficient (Wildman–Crippen LogP) is 7.90. The molecular formula is C36H39Cl2N3O. The van der Waals surface area contributed by atoms with Crippen LogP contribution in [0.2, 0.25) is 10.0 Å². The van der Waals surface area contributed by atoms with Gasteiger partial charge in [0.05, 0.1) is 0 Å². The van der Waals surface area contributed by atoms with Gasteiger partial charge in [0.15, 0.2) is 0 Å². The van der Waals surface area contributed by atoms with Gasteiger partial charge in [-0.1, -0.05) is 83.9 Å². The van der Waals surface area contributed by atoms with Gasteiger partial charge < -0.3 is 10.2 Å². The number of nitrogens with one attached hydrogen (secondary N) is 1. The Morgan fingerprint density at radius 2 is 1.50 bits per heavy atom. The van der Waals surface area contributed by atoms with Crippen LogP contribution in [0.15, 0.2) is 91.3 Å². The number of likely N-dealkylation sites (tertiary alicyclic amines) is 1. The van der Waals surface area contributed by atoms with E-state index in [4.69, 9.17) is 23.2 Å². The number of aryl methyl sites for hydroxylation is 2. The molecule has 42 heavy (non-hydrogen) atoms. The van der Waals surface area contributed by atoms with Crippen LogP contribution in [-0.4, -0.2) is 42.0 Å². The molecule has 1 aliphatic heterocycles. The van der Waals surface area contributed by atoms with Gasteiger partial charge in [-0.25, -0.2) is 0 Å². The average Bonchev–Trinajstić information content (AvgIpc) is 3.01. The molecule has 0 atom stereocenters. The van der Waals surface area contributed by atoms with Crippen molar-refractivity contribution in [1.82, 2.24) is 15.2 Å². The van der Waals surface area contributed by atoms with Crippen LogP contribution in [0.1, 0.15) is 59.6 Å². The smallest absolute Gasteiger partial charge is 0.216 e. The Hall–Kier alpha value is -3.18. The first-order valence-corrected chi connectivity index (χ1v) is 15.5. The summed E-state index contributed by atoms with van der Waals surface area (Å²) < 4.78 is 0. The van der Waals surface area contributed by atoms with Crippen LogP contribution < -0.4 is 5.32 Å². The first-order chi connectivity index (χ1) is 20.2. The Morgan fingerprint density at radius 3 is 2.02 bits per heavy atom. The summed E-state index contributed by atoms with van der Waals surface area (Å²) in [5.41, 5.74) is 6.22. The Labute approximate surface area is 260 Å². The van der Waals surface area contributed by atoms with Gasteiger partial charge in [-0.3, -0.25) is 9.78 Å². The van der Waals surface area contributed by atoms with Crippen molar-refractivity contribution in [3.8, 4) is 0 Å². The third kappa shape index (κ3) is 6.27. The van der Waals surface area contributed by atoms with Crippen molar-refractivity contribution >= 4 is 29.1 Å². The second kappa shape index (κ2) is 13.0. The minimum Gasteiger partial charge on any atom is -0.355 e. The lowest BCUT2D eigenvalue weighted by atomic mass is 9.67. The van der Waals surface area contributed by atoms with Crippen LogP contribution in [0.3, 0.4) is 0 Å². The molecule has 218 valence electrons. The zero-order valence-electron chi connectivity index (χ0n) is 24.7. The molecular weight excluding hydrogens is 561 g/mol. The van der Waals surface area contributed by atoms with Gasteiger partial charge in [0, 0.05) is 46.7 Å². The van der Waals surface area contributed by atoms with Gasteiger partial charge in [-0.05, 0) is 104 Å². The predicted molar refractivity (Wildman–Crippen MR) is 174 cm³/mol. The zero-order valence-corrected chi connectivity index (χ0v) is 26.2. The second-order valence-corrected chi connectivity index (χ2v) is 12.5. The second-order valence-electron chi connectivity index (χ2n) is 11.7. The van der Waals surface area contributed by atoms with E-state index in [1.807, 2.05) is 32.3 Å². The molecule has 6 heteroatoms. The highest BCUT2D eigenvalue weighted by atomic mass is 35.5. The normalized spacial score (nSPS) is 15.4. The van der Waals surface area contributed by atoms with Crippen molar-refractivity contribution in [3.63, 3.8) is 0 Å².